The summed E-state index contributed by atoms with van der Waals surface area (Å²) in [6.07, 6.45) is 0. The average molecular weight is 253 g/mol. The van der Waals surface area contributed by atoms with Gasteiger partial charge in [-0.25, -0.2) is 4.63 Å². The molecule has 0 aromatic carbocycles. The van der Waals surface area contributed by atoms with Crippen LogP contribution in [-0.4, -0.2) is 60.3 Å². The maximum atomic E-state index is 7.31. The van der Waals surface area contributed by atoms with E-state index >= 15 is 0 Å². The van der Waals surface area contributed by atoms with Crippen molar-refractivity contribution in [2.45, 2.75) is 6.54 Å². The van der Waals surface area contributed by atoms with E-state index in [4.69, 9.17) is 11.1 Å². The van der Waals surface area contributed by atoms with Gasteiger partial charge in [-0.1, -0.05) is 5.16 Å². The summed E-state index contributed by atoms with van der Waals surface area (Å²) < 4.78 is 4.57. The second kappa shape index (κ2) is 6.43. The molecule has 2 rings (SSSR count). The molecule has 1 aliphatic rings. The summed E-state index contributed by atoms with van der Waals surface area (Å²) in [7, 11) is 0. The normalized spacial score (nSPS) is 16.9. The van der Waals surface area contributed by atoms with Crippen molar-refractivity contribution in [3.05, 3.63) is 11.4 Å². The summed E-state index contributed by atoms with van der Waals surface area (Å²) in [5.74, 6) is -0.116. The van der Waals surface area contributed by atoms with E-state index in [1.54, 1.807) is 0 Å². The van der Waals surface area contributed by atoms with Gasteiger partial charge in [0, 0.05) is 45.8 Å². The molecule has 8 nitrogen and oxygen atoms in total. The Hall–Kier alpha value is -1.51. The van der Waals surface area contributed by atoms with E-state index in [2.05, 4.69) is 30.5 Å². The zero-order chi connectivity index (χ0) is 12.8. The summed E-state index contributed by atoms with van der Waals surface area (Å²) in [5, 5.41) is 21.2. The lowest BCUT2D eigenvalue weighted by Crippen LogP contribution is -2.45. The van der Waals surface area contributed by atoms with E-state index in [0.29, 0.717) is 17.9 Å². The van der Waals surface area contributed by atoms with Gasteiger partial charge in [-0.15, -0.1) is 0 Å². The number of piperazine rings is 1. The van der Waals surface area contributed by atoms with Gasteiger partial charge in [0.15, 0.2) is 5.69 Å². The van der Waals surface area contributed by atoms with Crippen LogP contribution in [0.1, 0.15) is 11.4 Å². The molecule has 1 aromatic rings. The van der Waals surface area contributed by atoms with Gasteiger partial charge in [-0.2, -0.15) is 0 Å². The highest BCUT2D eigenvalue weighted by atomic mass is 16.6. The fraction of sp³-hybridized carbons (Fsp3) is 0.700. The van der Waals surface area contributed by atoms with Crippen molar-refractivity contribution in [1.29, 1.82) is 5.41 Å². The molecule has 0 bridgehead atoms. The monoisotopic (exact) mass is 253 g/mol. The van der Waals surface area contributed by atoms with Crippen molar-refractivity contribution >= 4 is 5.84 Å². The first kappa shape index (κ1) is 12.9. The minimum absolute atomic E-state index is 0.116. The standard InChI is InChI=1S/C10H19N7O/c11-10(12)9-8(15-18-16-9)7-14-3-6-17-4-1-13-2-5-17/h13-14H,1-7H2,(H3,11,12). The van der Waals surface area contributed by atoms with E-state index in [1.807, 2.05) is 0 Å². The zero-order valence-electron chi connectivity index (χ0n) is 10.3. The molecule has 0 amide bonds. The summed E-state index contributed by atoms with van der Waals surface area (Å²) in [6, 6.07) is 0. The SMILES string of the molecule is N=C(N)c1nonc1CNCCN1CCNCC1. The molecule has 0 spiro atoms. The number of nitrogen functional groups attached to an aromatic ring is 1. The van der Waals surface area contributed by atoms with E-state index < -0.39 is 0 Å². The molecular formula is C10H19N7O. The topological polar surface area (TPSA) is 116 Å². The highest BCUT2D eigenvalue weighted by Gasteiger charge is 2.12. The third-order valence-electron chi connectivity index (χ3n) is 2.92. The van der Waals surface area contributed by atoms with Gasteiger partial charge in [-0.3, -0.25) is 10.3 Å². The highest BCUT2D eigenvalue weighted by Crippen LogP contribution is 2.00. The van der Waals surface area contributed by atoms with Crippen LogP contribution in [-0.2, 0) is 6.54 Å². The lowest BCUT2D eigenvalue weighted by molar-refractivity contribution is 0.240. The average Bonchev–Trinajstić information content (AvgIpc) is 2.84. The highest BCUT2D eigenvalue weighted by molar-refractivity contribution is 5.93. The summed E-state index contributed by atoms with van der Waals surface area (Å²) in [4.78, 5) is 2.40. The number of nitrogens with two attached hydrogens (primary N) is 1. The number of hydrogen-bond donors (Lipinski definition) is 4. The van der Waals surface area contributed by atoms with E-state index in [1.165, 1.54) is 0 Å². The van der Waals surface area contributed by atoms with Crippen LogP contribution < -0.4 is 16.4 Å². The van der Waals surface area contributed by atoms with Crippen molar-refractivity contribution in [2.24, 2.45) is 5.73 Å². The number of nitrogens with one attached hydrogen (secondary N) is 3. The molecular weight excluding hydrogens is 234 g/mol. The van der Waals surface area contributed by atoms with Crippen molar-refractivity contribution < 1.29 is 4.63 Å². The molecule has 100 valence electrons. The smallest absolute Gasteiger partial charge is 0.173 e. The summed E-state index contributed by atoms with van der Waals surface area (Å²) >= 11 is 0. The molecule has 18 heavy (non-hydrogen) atoms. The first-order valence-corrected chi connectivity index (χ1v) is 6.07. The van der Waals surface area contributed by atoms with Crippen LogP contribution in [0, 0.1) is 5.41 Å². The molecule has 1 aliphatic heterocycles. The minimum atomic E-state index is -0.116. The van der Waals surface area contributed by atoms with Gasteiger partial charge in [-0.05, 0) is 5.16 Å². The Balaban J connectivity index is 1.68. The Bertz CT molecular complexity index is 385. The van der Waals surface area contributed by atoms with Crippen molar-refractivity contribution in [3.8, 4) is 0 Å². The molecule has 0 saturated carbocycles. The number of aromatic nitrogens is 2. The van der Waals surface area contributed by atoms with Crippen molar-refractivity contribution in [1.82, 2.24) is 25.8 Å². The van der Waals surface area contributed by atoms with Crippen LogP contribution in [0.2, 0.25) is 0 Å². The van der Waals surface area contributed by atoms with Crippen LogP contribution >= 0.6 is 0 Å². The predicted octanol–water partition coefficient (Wildman–Crippen LogP) is -1.65. The van der Waals surface area contributed by atoms with Crippen LogP contribution in [0.15, 0.2) is 4.63 Å². The lowest BCUT2D eigenvalue weighted by Gasteiger charge is -2.27. The fourth-order valence-corrected chi connectivity index (χ4v) is 1.91. The molecule has 1 fully saturated rings. The maximum Gasteiger partial charge on any atom is 0.173 e. The molecule has 1 saturated heterocycles. The molecule has 8 heteroatoms. The van der Waals surface area contributed by atoms with Crippen LogP contribution in [0.25, 0.3) is 0 Å². The van der Waals surface area contributed by atoms with Gasteiger partial charge in [0.1, 0.15) is 11.5 Å². The minimum Gasteiger partial charge on any atom is -0.382 e. The van der Waals surface area contributed by atoms with Crippen molar-refractivity contribution in [2.75, 3.05) is 39.3 Å². The molecule has 0 aliphatic carbocycles. The Labute approximate surface area is 105 Å². The lowest BCUT2D eigenvalue weighted by atomic mass is 10.3. The first-order valence-electron chi connectivity index (χ1n) is 6.07. The number of hydrogen-bond acceptors (Lipinski definition) is 7. The van der Waals surface area contributed by atoms with E-state index in [9.17, 15) is 0 Å². The summed E-state index contributed by atoms with van der Waals surface area (Å²) in [6.45, 7) is 6.68. The molecule has 0 unspecified atom stereocenters. The Kier molecular flexibility index (Phi) is 4.62. The van der Waals surface area contributed by atoms with E-state index in [0.717, 1.165) is 39.3 Å². The van der Waals surface area contributed by atoms with Crippen LogP contribution in [0.5, 0.6) is 0 Å². The second-order valence-corrected chi connectivity index (χ2v) is 4.24. The second-order valence-electron chi connectivity index (χ2n) is 4.24. The first-order chi connectivity index (χ1) is 8.77. The number of amidine groups is 1. The van der Waals surface area contributed by atoms with Crippen LogP contribution in [0.4, 0.5) is 0 Å². The molecule has 2 heterocycles. The molecule has 0 radical (unpaired) electrons. The predicted molar refractivity (Wildman–Crippen MR) is 66.3 cm³/mol. The molecule has 0 atom stereocenters. The van der Waals surface area contributed by atoms with Gasteiger partial charge < -0.3 is 16.4 Å². The van der Waals surface area contributed by atoms with Gasteiger partial charge in [0.05, 0.1) is 0 Å². The maximum absolute atomic E-state index is 7.31. The molecule has 5 N–H and O–H groups in total. The fourth-order valence-electron chi connectivity index (χ4n) is 1.91. The van der Waals surface area contributed by atoms with Gasteiger partial charge in [0.2, 0.25) is 0 Å². The third kappa shape index (κ3) is 3.49. The Morgan fingerprint density at radius 1 is 1.44 bits per heavy atom. The van der Waals surface area contributed by atoms with Crippen molar-refractivity contribution in [3.63, 3.8) is 0 Å². The Morgan fingerprint density at radius 3 is 2.94 bits per heavy atom. The van der Waals surface area contributed by atoms with Gasteiger partial charge in [0.25, 0.3) is 0 Å². The van der Waals surface area contributed by atoms with E-state index in [-0.39, 0.29) is 5.84 Å². The quantitative estimate of drug-likeness (QED) is 0.272. The molecule has 1 aromatic heterocycles. The number of nitrogens with zero attached hydrogens (tertiary/aromatic N) is 3. The third-order valence-corrected chi connectivity index (χ3v) is 2.92. The Morgan fingerprint density at radius 2 is 2.22 bits per heavy atom. The summed E-state index contributed by atoms with van der Waals surface area (Å²) in [5.41, 5.74) is 6.27. The number of rotatable bonds is 6. The zero-order valence-corrected chi connectivity index (χ0v) is 10.3. The van der Waals surface area contributed by atoms with Crippen LogP contribution in [0.3, 0.4) is 0 Å². The van der Waals surface area contributed by atoms with Gasteiger partial charge >= 0.3 is 0 Å². The largest absolute Gasteiger partial charge is 0.382 e.